The van der Waals surface area contributed by atoms with E-state index in [1.54, 1.807) is 0 Å². The number of hydrogen-bond acceptors (Lipinski definition) is 3. The van der Waals surface area contributed by atoms with Crippen LogP contribution in [0.5, 0.6) is 0 Å². The number of benzene rings is 2. The minimum absolute atomic E-state index is 0.0429. The van der Waals surface area contributed by atoms with Crippen LogP contribution in [-0.4, -0.2) is 60.5 Å². The second-order valence-electron chi connectivity index (χ2n) is 8.17. The van der Waals surface area contributed by atoms with Gasteiger partial charge in [-0.1, -0.05) is 54.6 Å². The third-order valence-corrected chi connectivity index (χ3v) is 6.16. The molecular formula is C25H30N2O3. The molecule has 5 heteroatoms. The highest BCUT2D eigenvalue weighted by atomic mass is 16.5. The molecule has 5 nitrogen and oxygen atoms in total. The van der Waals surface area contributed by atoms with E-state index >= 15 is 0 Å². The molecule has 2 atom stereocenters. The normalized spacial score (nSPS) is 22.2. The number of carbonyl (C=O) groups excluding carboxylic acids is 2. The molecule has 2 aromatic rings. The highest BCUT2D eigenvalue weighted by Gasteiger charge is 2.35. The summed E-state index contributed by atoms with van der Waals surface area (Å²) in [5.41, 5.74) is 3.43. The zero-order chi connectivity index (χ0) is 20.9. The Hall–Kier alpha value is -2.66. The van der Waals surface area contributed by atoms with Crippen molar-refractivity contribution in [1.29, 1.82) is 0 Å². The quantitative estimate of drug-likeness (QED) is 0.765. The molecule has 158 valence electrons. The summed E-state index contributed by atoms with van der Waals surface area (Å²) in [6, 6.07) is 18.6. The van der Waals surface area contributed by atoms with Crippen LogP contribution in [0.25, 0.3) is 11.1 Å². The molecule has 2 aromatic carbocycles. The Morgan fingerprint density at radius 2 is 1.87 bits per heavy atom. The van der Waals surface area contributed by atoms with Crippen LogP contribution in [-0.2, 0) is 20.7 Å². The Morgan fingerprint density at radius 1 is 1.07 bits per heavy atom. The van der Waals surface area contributed by atoms with Gasteiger partial charge in [0.15, 0.2) is 0 Å². The van der Waals surface area contributed by atoms with Gasteiger partial charge >= 0.3 is 0 Å². The number of hydrogen-bond donors (Lipinski definition) is 0. The predicted molar refractivity (Wildman–Crippen MR) is 117 cm³/mol. The van der Waals surface area contributed by atoms with Crippen LogP contribution in [0.2, 0.25) is 0 Å². The molecule has 0 saturated carbocycles. The van der Waals surface area contributed by atoms with Crippen molar-refractivity contribution in [1.82, 2.24) is 9.80 Å². The van der Waals surface area contributed by atoms with Crippen molar-refractivity contribution >= 4 is 11.8 Å². The molecule has 2 saturated heterocycles. The molecule has 0 aromatic heterocycles. The molecule has 2 amide bonds. The summed E-state index contributed by atoms with van der Waals surface area (Å²) in [5.74, 6) is -0.0460. The minimum atomic E-state index is -0.338. The minimum Gasteiger partial charge on any atom is -0.368 e. The zero-order valence-electron chi connectivity index (χ0n) is 17.6. The summed E-state index contributed by atoms with van der Waals surface area (Å²) in [5, 5.41) is 0. The van der Waals surface area contributed by atoms with Crippen molar-refractivity contribution < 1.29 is 14.3 Å². The fraction of sp³-hybridized carbons (Fsp3) is 0.440. The topological polar surface area (TPSA) is 49.9 Å². The van der Waals surface area contributed by atoms with Crippen LogP contribution < -0.4 is 0 Å². The first-order valence-corrected chi connectivity index (χ1v) is 11.0. The molecule has 2 heterocycles. The number of amides is 2. The lowest BCUT2D eigenvalue weighted by Crippen LogP contribution is -2.42. The van der Waals surface area contributed by atoms with Crippen molar-refractivity contribution in [2.45, 2.75) is 32.3 Å². The molecule has 0 unspecified atom stereocenters. The predicted octanol–water partition coefficient (Wildman–Crippen LogP) is 3.38. The summed E-state index contributed by atoms with van der Waals surface area (Å²) in [6.45, 7) is 4.96. The SMILES string of the molecule is CCN1CCN(C(=O)[C@H]2CCCO2)C[C@H](Cc2cccc(-c3ccccc3)c2)C1=O. The lowest BCUT2D eigenvalue weighted by molar-refractivity contribution is -0.141. The molecule has 2 aliphatic rings. The van der Waals surface area contributed by atoms with E-state index in [-0.39, 0.29) is 23.8 Å². The van der Waals surface area contributed by atoms with Crippen molar-refractivity contribution in [2.24, 2.45) is 5.92 Å². The van der Waals surface area contributed by atoms with Gasteiger partial charge in [-0.15, -0.1) is 0 Å². The molecular weight excluding hydrogens is 376 g/mol. The largest absolute Gasteiger partial charge is 0.368 e. The number of rotatable bonds is 5. The Morgan fingerprint density at radius 3 is 2.60 bits per heavy atom. The highest BCUT2D eigenvalue weighted by Crippen LogP contribution is 2.24. The van der Waals surface area contributed by atoms with Gasteiger partial charge in [0.1, 0.15) is 6.10 Å². The number of nitrogens with zero attached hydrogens (tertiary/aromatic N) is 2. The number of ether oxygens (including phenoxy) is 1. The van der Waals surface area contributed by atoms with Gasteiger partial charge in [-0.05, 0) is 42.9 Å². The van der Waals surface area contributed by atoms with Crippen molar-refractivity contribution in [2.75, 3.05) is 32.8 Å². The van der Waals surface area contributed by atoms with E-state index in [1.165, 1.54) is 0 Å². The van der Waals surface area contributed by atoms with Crippen LogP contribution in [0.4, 0.5) is 0 Å². The first-order valence-electron chi connectivity index (χ1n) is 11.0. The van der Waals surface area contributed by atoms with Gasteiger partial charge in [-0.25, -0.2) is 0 Å². The molecule has 0 spiro atoms. The molecule has 2 aliphatic heterocycles. The van der Waals surface area contributed by atoms with Gasteiger partial charge < -0.3 is 14.5 Å². The van der Waals surface area contributed by atoms with Gasteiger partial charge in [0.05, 0.1) is 5.92 Å². The summed E-state index contributed by atoms with van der Waals surface area (Å²) in [4.78, 5) is 29.9. The van der Waals surface area contributed by atoms with Crippen molar-refractivity contribution in [3.8, 4) is 11.1 Å². The number of carbonyl (C=O) groups is 2. The van der Waals surface area contributed by atoms with Crippen molar-refractivity contribution in [3.63, 3.8) is 0 Å². The third-order valence-electron chi connectivity index (χ3n) is 6.16. The van der Waals surface area contributed by atoms with Crippen LogP contribution in [0.1, 0.15) is 25.3 Å². The summed E-state index contributed by atoms with van der Waals surface area (Å²) >= 11 is 0. The Labute approximate surface area is 178 Å². The maximum absolute atomic E-state index is 13.2. The molecule has 0 N–H and O–H groups in total. The molecule has 30 heavy (non-hydrogen) atoms. The average molecular weight is 407 g/mol. The maximum Gasteiger partial charge on any atom is 0.251 e. The second-order valence-corrected chi connectivity index (χ2v) is 8.17. The van der Waals surface area contributed by atoms with E-state index in [9.17, 15) is 9.59 Å². The first kappa shape index (κ1) is 20.6. The van der Waals surface area contributed by atoms with E-state index < -0.39 is 0 Å². The highest BCUT2D eigenvalue weighted by molar-refractivity contribution is 5.84. The third kappa shape index (κ3) is 4.57. The summed E-state index contributed by atoms with van der Waals surface area (Å²) in [7, 11) is 0. The number of likely N-dealkylation sites (N-methyl/N-ethyl adjacent to an activating group) is 1. The maximum atomic E-state index is 13.2. The lowest BCUT2D eigenvalue weighted by Gasteiger charge is -2.25. The standard InChI is InChI=1S/C25H30N2O3/c1-2-26-13-14-27(25(29)23-12-7-15-30-23)18-22(24(26)28)17-19-8-6-11-21(16-19)20-9-4-3-5-10-20/h3-6,8-11,16,22-23H,2,7,12-15,17-18H2,1H3/t22-,23+/m0/s1. The monoisotopic (exact) mass is 406 g/mol. The van der Waals surface area contributed by atoms with Gasteiger partial charge in [0, 0.05) is 32.8 Å². The van der Waals surface area contributed by atoms with E-state index in [1.807, 2.05) is 41.0 Å². The zero-order valence-corrected chi connectivity index (χ0v) is 17.6. The summed E-state index contributed by atoms with van der Waals surface area (Å²) < 4.78 is 5.62. The average Bonchev–Trinajstić information content (AvgIpc) is 3.28. The Kier molecular flexibility index (Phi) is 6.48. The van der Waals surface area contributed by atoms with E-state index in [4.69, 9.17) is 4.74 Å². The van der Waals surface area contributed by atoms with Gasteiger partial charge in [-0.2, -0.15) is 0 Å². The molecule has 2 fully saturated rings. The smallest absolute Gasteiger partial charge is 0.251 e. The molecule has 0 bridgehead atoms. The molecule has 0 radical (unpaired) electrons. The first-order chi connectivity index (χ1) is 14.7. The molecule has 0 aliphatic carbocycles. The Balaban J connectivity index is 1.54. The van der Waals surface area contributed by atoms with Gasteiger partial charge in [0.2, 0.25) is 5.91 Å². The fourth-order valence-electron chi connectivity index (χ4n) is 4.48. The van der Waals surface area contributed by atoms with Gasteiger partial charge in [0.25, 0.3) is 5.91 Å². The van der Waals surface area contributed by atoms with Crippen LogP contribution in [0.3, 0.4) is 0 Å². The van der Waals surface area contributed by atoms with Gasteiger partial charge in [-0.3, -0.25) is 9.59 Å². The lowest BCUT2D eigenvalue weighted by atomic mass is 9.94. The van der Waals surface area contributed by atoms with E-state index in [0.717, 1.165) is 29.5 Å². The van der Waals surface area contributed by atoms with Crippen LogP contribution >= 0.6 is 0 Å². The van der Waals surface area contributed by atoms with E-state index in [2.05, 4.69) is 30.3 Å². The second kappa shape index (κ2) is 9.43. The summed E-state index contributed by atoms with van der Waals surface area (Å²) in [6.07, 6.45) is 2.01. The van der Waals surface area contributed by atoms with Crippen LogP contribution in [0.15, 0.2) is 54.6 Å². The van der Waals surface area contributed by atoms with Crippen molar-refractivity contribution in [3.05, 3.63) is 60.2 Å². The fourth-order valence-corrected chi connectivity index (χ4v) is 4.48. The van der Waals surface area contributed by atoms with Crippen LogP contribution in [0, 0.1) is 5.92 Å². The van der Waals surface area contributed by atoms with E-state index in [0.29, 0.717) is 39.2 Å². The molecule has 4 rings (SSSR count). The Bertz CT molecular complexity index is 877.